The van der Waals surface area contributed by atoms with Crippen LogP contribution in [0.25, 0.3) is 0 Å². The molecule has 0 saturated carbocycles. The summed E-state index contributed by atoms with van der Waals surface area (Å²) in [6, 6.07) is 1.78. The Morgan fingerprint density at radius 1 is 1.35 bits per heavy atom. The van der Waals surface area contributed by atoms with E-state index in [2.05, 4.69) is 5.32 Å². The SMILES string of the molecule is CCN(CC)S(=O)(=O)c1cc(CNC)sc1C. The largest absolute Gasteiger partial charge is 0.315 e. The molecule has 0 spiro atoms. The third-order valence-corrected chi connectivity index (χ3v) is 5.95. The summed E-state index contributed by atoms with van der Waals surface area (Å²) in [4.78, 5) is 2.37. The van der Waals surface area contributed by atoms with Crippen molar-refractivity contribution >= 4 is 21.4 Å². The molecule has 0 amide bonds. The molecule has 98 valence electrons. The number of nitrogens with one attached hydrogen (secondary N) is 1. The predicted molar refractivity (Wildman–Crippen MR) is 71.9 cm³/mol. The summed E-state index contributed by atoms with van der Waals surface area (Å²) in [5, 5.41) is 3.04. The van der Waals surface area contributed by atoms with Crippen LogP contribution in [0.15, 0.2) is 11.0 Å². The van der Waals surface area contributed by atoms with Gasteiger partial charge < -0.3 is 5.32 Å². The number of rotatable bonds is 6. The molecule has 0 unspecified atom stereocenters. The monoisotopic (exact) mass is 276 g/mol. The molecular weight excluding hydrogens is 256 g/mol. The lowest BCUT2D eigenvalue weighted by Crippen LogP contribution is -2.30. The molecule has 1 heterocycles. The normalized spacial score (nSPS) is 12.3. The van der Waals surface area contributed by atoms with Gasteiger partial charge in [0, 0.05) is 29.4 Å². The Balaban J connectivity index is 3.14. The molecule has 0 aliphatic rings. The van der Waals surface area contributed by atoms with Crippen molar-refractivity contribution in [2.45, 2.75) is 32.2 Å². The lowest BCUT2D eigenvalue weighted by Gasteiger charge is -2.17. The van der Waals surface area contributed by atoms with Gasteiger partial charge in [-0.15, -0.1) is 11.3 Å². The molecule has 0 atom stereocenters. The number of hydrogen-bond acceptors (Lipinski definition) is 4. The van der Waals surface area contributed by atoms with Crippen LogP contribution in [0.2, 0.25) is 0 Å². The second-order valence-corrected chi connectivity index (χ2v) is 7.00. The van der Waals surface area contributed by atoms with Crippen LogP contribution in [0.4, 0.5) is 0 Å². The fourth-order valence-corrected chi connectivity index (χ4v) is 4.82. The Morgan fingerprint density at radius 3 is 2.41 bits per heavy atom. The number of hydrogen-bond donors (Lipinski definition) is 1. The molecular formula is C11H20N2O2S2. The van der Waals surface area contributed by atoms with Crippen LogP contribution >= 0.6 is 11.3 Å². The highest BCUT2D eigenvalue weighted by Crippen LogP contribution is 2.28. The van der Waals surface area contributed by atoms with Crippen LogP contribution in [-0.2, 0) is 16.6 Å². The van der Waals surface area contributed by atoms with E-state index in [1.807, 2.05) is 27.8 Å². The minimum Gasteiger partial charge on any atom is -0.315 e. The maximum absolute atomic E-state index is 12.3. The van der Waals surface area contributed by atoms with Crippen molar-refractivity contribution < 1.29 is 8.42 Å². The maximum Gasteiger partial charge on any atom is 0.244 e. The van der Waals surface area contributed by atoms with Crippen LogP contribution in [0, 0.1) is 6.92 Å². The number of aryl methyl sites for hydroxylation is 1. The maximum atomic E-state index is 12.3. The van der Waals surface area contributed by atoms with Gasteiger partial charge in [0.25, 0.3) is 0 Å². The Kier molecular flexibility index (Phi) is 5.12. The van der Waals surface area contributed by atoms with Crippen molar-refractivity contribution in [1.29, 1.82) is 0 Å². The van der Waals surface area contributed by atoms with Crippen molar-refractivity contribution in [2.24, 2.45) is 0 Å². The lowest BCUT2D eigenvalue weighted by molar-refractivity contribution is 0.445. The fraction of sp³-hybridized carbons (Fsp3) is 0.636. The van der Waals surface area contributed by atoms with Crippen LogP contribution < -0.4 is 5.32 Å². The summed E-state index contributed by atoms with van der Waals surface area (Å²) in [6.07, 6.45) is 0. The zero-order valence-corrected chi connectivity index (χ0v) is 12.4. The van der Waals surface area contributed by atoms with Gasteiger partial charge >= 0.3 is 0 Å². The van der Waals surface area contributed by atoms with Gasteiger partial charge in [-0.05, 0) is 20.0 Å². The van der Waals surface area contributed by atoms with E-state index >= 15 is 0 Å². The number of nitrogens with zero attached hydrogens (tertiary/aromatic N) is 1. The quantitative estimate of drug-likeness (QED) is 0.862. The molecule has 0 radical (unpaired) electrons. The fourth-order valence-electron chi connectivity index (χ4n) is 1.74. The molecule has 0 fully saturated rings. The Morgan fingerprint density at radius 2 is 1.94 bits per heavy atom. The topological polar surface area (TPSA) is 49.4 Å². The second-order valence-electron chi connectivity index (χ2n) is 3.75. The van der Waals surface area contributed by atoms with Crippen molar-refractivity contribution in [3.05, 3.63) is 15.8 Å². The molecule has 4 nitrogen and oxygen atoms in total. The molecule has 0 saturated heterocycles. The highest BCUT2D eigenvalue weighted by atomic mass is 32.2. The van der Waals surface area contributed by atoms with Crippen molar-refractivity contribution in [3.8, 4) is 0 Å². The molecule has 1 N–H and O–H groups in total. The Bertz CT molecular complexity index is 462. The smallest absolute Gasteiger partial charge is 0.244 e. The van der Waals surface area contributed by atoms with Gasteiger partial charge in [-0.1, -0.05) is 13.8 Å². The summed E-state index contributed by atoms with van der Waals surface area (Å²) >= 11 is 1.54. The summed E-state index contributed by atoms with van der Waals surface area (Å²) in [5.41, 5.74) is 0. The molecule has 0 aliphatic heterocycles. The van der Waals surface area contributed by atoms with E-state index in [9.17, 15) is 8.42 Å². The number of sulfonamides is 1. The van der Waals surface area contributed by atoms with E-state index in [0.29, 0.717) is 24.5 Å². The molecule has 0 aromatic carbocycles. The molecule has 17 heavy (non-hydrogen) atoms. The summed E-state index contributed by atoms with van der Waals surface area (Å²) < 4.78 is 26.2. The molecule has 0 bridgehead atoms. The van der Waals surface area contributed by atoms with Gasteiger partial charge in [0.05, 0.1) is 4.90 Å². The third-order valence-electron chi connectivity index (χ3n) is 2.60. The first kappa shape index (κ1) is 14.6. The van der Waals surface area contributed by atoms with E-state index in [1.54, 1.807) is 6.07 Å². The summed E-state index contributed by atoms with van der Waals surface area (Å²) in [6.45, 7) is 7.30. The average molecular weight is 276 g/mol. The first-order valence-corrected chi connectivity index (χ1v) is 7.97. The van der Waals surface area contributed by atoms with Gasteiger partial charge in [0.15, 0.2) is 0 Å². The minimum absolute atomic E-state index is 0.455. The molecule has 1 aromatic rings. The van der Waals surface area contributed by atoms with E-state index < -0.39 is 10.0 Å². The van der Waals surface area contributed by atoms with E-state index in [4.69, 9.17) is 0 Å². The third kappa shape index (κ3) is 3.07. The van der Waals surface area contributed by atoms with E-state index in [0.717, 1.165) is 9.75 Å². The molecule has 6 heteroatoms. The highest BCUT2D eigenvalue weighted by molar-refractivity contribution is 7.89. The Labute approximate surface area is 108 Å². The summed E-state index contributed by atoms with van der Waals surface area (Å²) in [7, 11) is -1.46. The van der Waals surface area contributed by atoms with Gasteiger partial charge in [-0.25, -0.2) is 8.42 Å². The van der Waals surface area contributed by atoms with Gasteiger partial charge in [0.2, 0.25) is 10.0 Å². The first-order chi connectivity index (χ1) is 7.97. The zero-order valence-electron chi connectivity index (χ0n) is 10.8. The molecule has 1 aromatic heterocycles. The molecule has 1 rings (SSSR count). The van der Waals surface area contributed by atoms with Crippen LogP contribution in [-0.4, -0.2) is 32.9 Å². The lowest BCUT2D eigenvalue weighted by atomic mass is 10.4. The number of thiophene rings is 1. The van der Waals surface area contributed by atoms with Gasteiger partial charge in [-0.3, -0.25) is 0 Å². The standard InChI is InChI=1S/C11H20N2O2S2/c1-5-13(6-2)17(14,15)11-7-10(8-12-4)16-9(11)3/h7,12H,5-6,8H2,1-4H3. The first-order valence-electron chi connectivity index (χ1n) is 5.71. The average Bonchev–Trinajstić information content (AvgIpc) is 2.62. The Hall–Kier alpha value is -0.430. The zero-order chi connectivity index (χ0) is 13.1. The molecule has 0 aliphatic carbocycles. The van der Waals surface area contributed by atoms with Crippen molar-refractivity contribution in [1.82, 2.24) is 9.62 Å². The highest BCUT2D eigenvalue weighted by Gasteiger charge is 2.25. The minimum atomic E-state index is -3.31. The van der Waals surface area contributed by atoms with E-state index in [1.165, 1.54) is 15.6 Å². The second kappa shape index (κ2) is 5.95. The van der Waals surface area contributed by atoms with Crippen LogP contribution in [0.1, 0.15) is 23.6 Å². The van der Waals surface area contributed by atoms with Crippen molar-refractivity contribution in [2.75, 3.05) is 20.1 Å². The predicted octanol–water partition coefficient (Wildman–Crippen LogP) is 1.81. The van der Waals surface area contributed by atoms with Crippen LogP contribution in [0.3, 0.4) is 0 Å². The van der Waals surface area contributed by atoms with Crippen LogP contribution in [0.5, 0.6) is 0 Å². The van der Waals surface area contributed by atoms with E-state index in [-0.39, 0.29) is 0 Å². The van der Waals surface area contributed by atoms with Gasteiger partial charge in [0.1, 0.15) is 0 Å². The summed E-state index contributed by atoms with van der Waals surface area (Å²) in [5.74, 6) is 0. The van der Waals surface area contributed by atoms with Gasteiger partial charge in [-0.2, -0.15) is 4.31 Å². The van der Waals surface area contributed by atoms with Crippen molar-refractivity contribution in [3.63, 3.8) is 0 Å².